The van der Waals surface area contributed by atoms with Gasteiger partial charge in [0.05, 0.1) is 10.5 Å². The highest BCUT2D eigenvalue weighted by Gasteiger charge is 2.29. The van der Waals surface area contributed by atoms with Crippen molar-refractivity contribution >= 4 is 27.6 Å². The van der Waals surface area contributed by atoms with Crippen molar-refractivity contribution in [1.29, 1.82) is 0 Å². The predicted octanol–water partition coefficient (Wildman–Crippen LogP) is 4.48. The molecule has 0 saturated heterocycles. The van der Waals surface area contributed by atoms with Crippen molar-refractivity contribution < 1.29 is 14.5 Å². The highest BCUT2D eigenvalue weighted by Crippen LogP contribution is 2.36. The van der Waals surface area contributed by atoms with Gasteiger partial charge in [-0.25, -0.2) is 4.79 Å². The van der Waals surface area contributed by atoms with Crippen LogP contribution in [0.25, 0.3) is 0 Å². The molecule has 1 fully saturated rings. The first-order chi connectivity index (χ1) is 9.78. The molecule has 0 aromatic heterocycles. The van der Waals surface area contributed by atoms with Crippen LogP contribution in [0.4, 0.5) is 5.69 Å². The molecule has 6 heteroatoms. The number of benzene rings is 1. The van der Waals surface area contributed by atoms with Crippen molar-refractivity contribution in [1.82, 2.24) is 0 Å². The van der Waals surface area contributed by atoms with E-state index in [4.69, 9.17) is 4.74 Å². The summed E-state index contributed by atoms with van der Waals surface area (Å²) in [6.07, 6.45) is 3.61. The fraction of sp³-hybridized carbons (Fsp3) is 0.533. The Morgan fingerprint density at radius 1 is 1.38 bits per heavy atom. The Labute approximate surface area is 132 Å². The Hall–Kier alpha value is -1.43. The number of hydrogen-bond acceptors (Lipinski definition) is 4. The van der Waals surface area contributed by atoms with Crippen LogP contribution in [0.1, 0.15) is 49.9 Å². The zero-order valence-electron chi connectivity index (χ0n) is 12.1. The number of halogens is 1. The van der Waals surface area contributed by atoms with Crippen LogP contribution in [0.15, 0.2) is 22.7 Å². The van der Waals surface area contributed by atoms with Crippen molar-refractivity contribution in [2.75, 3.05) is 0 Å². The number of carbonyl (C=O) groups excluding carboxylic acids is 1. The van der Waals surface area contributed by atoms with Gasteiger partial charge in [-0.3, -0.25) is 10.1 Å². The zero-order chi connectivity index (χ0) is 15.6. The number of ether oxygens (including phenoxy) is 1. The zero-order valence-corrected chi connectivity index (χ0v) is 13.7. The van der Waals surface area contributed by atoms with Gasteiger partial charge in [0.2, 0.25) is 0 Å². The molecule has 0 amide bonds. The lowest BCUT2D eigenvalue weighted by Gasteiger charge is -2.33. The Bertz CT molecular complexity index is 561. The second kappa shape index (κ2) is 6.13. The van der Waals surface area contributed by atoms with E-state index in [-0.39, 0.29) is 17.4 Å². The standard InChI is InChI=1S/C15H18BrNO4/c1-15(2)7-5-11(6-8-15)21-14(18)12-9-10(17(19)20)3-4-13(12)16/h3-4,9,11H,5-8H2,1-2H3. The van der Waals surface area contributed by atoms with Crippen LogP contribution in [0, 0.1) is 15.5 Å². The van der Waals surface area contributed by atoms with Crippen molar-refractivity contribution in [3.05, 3.63) is 38.3 Å². The largest absolute Gasteiger partial charge is 0.459 e. The van der Waals surface area contributed by atoms with E-state index in [1.54, 1.807) is 0 Å². The minimum Gasteiger partial charge on any atom is -0.459 e. The number of nitro benzene ring substituents is 1. The molecule has 1 aromatic carbocycles. The molecule has 0 radical (unpaired) electrons. The van der Waals surface area contributed by atoms with Gasteiger partial charge >= 0.3 is 5.97 Å². The van der Waals surface area contributed by atoms with Crippen LogP contribution in [-0.4, -0.2) is 17.0 Å². The minimum atomic E-state index is -0.521. The maximum absolute atomic E-state index is 12.2. The molecule has 0 spiro atoms. The molecular formula is C15H18BrNO4. The van der Waals surface area contributed by atoms with Crippen LogP contribution in [0.3, 0.4) is 0 Å². The summed E-state index contributed by atoms with van der Waals surface area (Å²) in [7, 11) is 0. The Kier molecular flexibility index (Phi) is 4.66. The summed E-state index contributed by atoms with van der Waals surface area (Å²) < 4.78 is 6.00. The number of nitro groups is 1. The number of esters is 1. The third-order valence-electron chi connectivity index (χ3n) is 3.94. The van der Waals surface area contributed by atoms with E-state index in [0.717, 1.165) is 25.7 Å². The summed E-state index contributed by atoms with van der Waals surface area (Å²) in [6.45, 7) is 4.42. The maximum atomic E-state index is 12.2. The van der Waals surface area contributed by atoms with E-state index in [9.17, 15) is 14.9 Å². The van der Waals surface area contributed by atoms with Crippen LogP contribution in [0.5, 0.6) is 0 Å². The predicted molar refractivity (Wildman–Crippen MR) is 82.2 cm³/mol. The van der Waals surface area contributed by atoms with Gasteiger partial charge in [-0.05, 0) is 53.1 Å². The molecule has 2 rings (SSSR count). The van der Waals surface area contributed by atoms with Crippen LogP contribution in [-0.2, 0) is 4.74 Å². The summed E-state index contributed by atoms with van der Waals surface area (Å²) in [5.74, 6) is -0.504. The third kappa shape index (κ3) is 4.03. The molecule has 1 saturated carbocycles. The van der Waals surface area contributed by atoms with E-state index in [0.29, 0.717) is 9.89 Å². The van der Waals surface area contributed by atoms with Crippen LogP contribution in [0.2, 0.25) is 0 Å². The monoisotopic (exact) mass is 355 g/mol. The quantitative estimate of drug-likeness (QED) is 0.455. The van der Waals surface area contributed by atoms with E-state index < -0.39 is 10.9 Å². The van der Waals surface area contributed by atoms with Gasteiger partial charge in [0.15, 0.2) is 0 Å². The van der Waals surface area contributed by atoms with Crippen molar-refractivity contribution in [2.45, 2.75) is 45.6 Å². The van der Waals surface area contributed by atoms with Crippen LogP contribution < -0.4 is 0 Å². The average molecular weight is 356 g/mol. The van der Waals surface area contributed by atoms with Gasteiger partial charge in [0.25, 0.3) is 5.69 Å². The first-order valence-corrected chi connectivity index (χ1v) is 7.73. The average Bonchev–Trinajstić information content (AvgIpc) is 2.41. The first-order valence-electron chi connectivity index (χ1n) is 6.93. The highest BCUT2D eigenvalue weighted by atomic mass is 79.9. The summed E-state index contributed by atoms with van der Waals surface area (Å²) in [4.78, 5) is 22.5. The summed E-state index contributed by atoms with van der Waals surface area (Å²) in [5, 5.41) is 10.8. The molecule has 0 aliphatic heterocycles. The molecule has 1 aliphatic rings. The molecule has 1 aliphatic carbocycles. The first kappa shape index (κ1) is 15.9. The van der Waals surface area contributed by atoms with Gasteiger partial charge in [0, 0.05) is 16.6 Å². The molecule has 5 nitrogen and oxygen atoms in total. The topological polar surface area (TPSA) is 69.4 Å². The Morgan fingerprint density at radius 2 is 2.00 bits per heavy atom. The van der Waals surface area contributed by atoms with Gasteiger partial charge in [0.1, 0.15) is 6.10 Å². The Morgan fingerprint density at radius 3 is 2.57 bits per heavy atom. The fourth-order valence-electron chi connectivity index (χ4n) is 2.49. The van der Waals surface area contributed by atoms with Crippen molar-refractivity contribution in [2.24, 2.45) is 5.41 Å². The molecule has 0 unspecified atom stereocenters. The number of hydrogen-bond donors (Lipinski definition) is 0. The molecule has 0 heterocycles. The number of non-ortho nitro benzene ring substituents is 1. The van der Waals surface area contributed by atoms with Gasteiger partial charge in [-0.1, -0.05) is 13.8 Å². The normalized spacial score (nSPS) is 18.2. The number of carbonyl (C=O) groups is 1. The summed E-state index contributed by atoms with van der Waals surface area (Å²) in [6, 6.07) is 4.10. The highest BCUT2D eigenvalue weighted by molar-refractivity contribution is 9.10. The molecule has 0 N–H and O–H groups in total. The second-order valence-electron chi connectivity index (χ2n) is 6.19. The lowest BCUT2D eigenvalue weighted by molar-refractivity contribution is -0.384. The van der Waals surface area contributed by atoms with E-state index in [2.05, 4.69) is 29.8 Å². The number of rotatable bonds is 3. The molecule has 21 heavy (non-hydrogen) atoms. The van der Waals surface area contributed by atoms with Gasteiger partial charge in [-0.2, -0.15) is 0 Å². The van der Waals surface area contributed by atoms with E-state index in [1.165, 1.54) is 18.2 Å². The second-order valence-corrected chi connectivity index (χ2v) is 7.04. The van der Waals surface area contributed by atoms with Crippen molar-refractivity contribution in [3.8, 4) is 0 Å². The maximum Gasteiger partial charge on any atom is 0.339 e. The molecule has 1 aromatic rings. The van der Waals surface area contributed by atoms with E-state index in [1.807, 2.05) is 0 Å². The number of nitrogens with zero attached hydrogens (tertiary/aromatic N) is 1. The third-order valence-corrected chi connectivity index (χ3v) is 4.63. The summed E-state index contributed by atoms with van der Waals surface area (Å²) in [5.41, 5.74) is 0.388. The van der Waals surface area contributed by atoms with Crippen molar-refractivity contribution in [3.63, 3.8) is 0 Å². The molecular weight excluding hydrogens is 338 g/mol. The minimum absolute atomic E-state index is 0.100. The lowest BCUT2D eigenvalue weighted by Crippen LogP contribution is -2.28. The SMILES string of the molecule is CC1(C)CCC(OC(=O)c2cc([N+](=O)[O-])ccc2Br)CC1. The molecule has 114 valence electrons. The lowest BCUT2D eigenvalue weighted by atomic mass is 9.76. The Balaban J connectivity index is 2.07. The van der Waals surface area contributed by atoms with Gasteiger partial charge in [-0.15, -0.1) is 0 Å². The van der Waals surface area contributed by atoms with Gasteiger partial charge < -0.3 is 4.74 Å². The summed E-state index contributed by atoms with van der Waals surface area (Å²) >= 11 is 3.24. The smallest absolute Gasteiger partial charge is 0.339 e. The fourth-order valence-corrected chi connectivity index (χ4v) is 2.90. The van der Waals surface area contributed by atoms with Crippen LogP contribution >= 0.6 is 15.9 Å². The molecule has 0 bridgehead atoms. The molecule has 0 atom stereocenters. The van der Waals surface area contributed by atoms with E-state index >= 15 is 0 Å².